The molecule has 0 spiro atoms. The predicted octanol–water partition coefficient (Wildman–Crippen LogP) is 1.69. The number of carbonyl (C=O) groups excluding carboxylic acids is 2. The molecule has 0 aromatic heterocycles. The second kappa shape index (κ2) is 7.48. The van der Waals surface area contributed by atoms with Crippen LogP contribution in [0.2, 0.25) is 0 Å². The van der Waals surface area contributed by atoms with E-state index in [9.17, 15) is 9.59 Å². The Bertz CT molecular complexity index is 389. The average molecular weight is 249 g/mol. The summed E-state index contributed by atoms with van der Waals surface area (Å²) in [6, 6.07) is 9.98. The number of aryl methyl sites for hydroxylation is 1. The average Bonchev–Trinajstić information content (AvgIpc) is 2.33. The van der Waals surface area contributed by atoms with Gasteiger partial charge in [-0.2, -0.15) is 0 Å². The van der Waals surface area contributed by atoms with Gasteiger partial charge in [-0.25, -0.2) is 0 Å². The molecule has 18 heavy (non-hydrogen) atoms. The van der Waals surface area contributed by atoms with E-state index in [4.69, 9.17) is 4.74 Å². The van der Waals surface area contributed by atoms with E-state index in [-0.39, 0.29) is 18.0 Å². The second-order valence-electron chi connectivity index (χ2n) is 4.19. The normalized spacial score (nSPS) is 11.7. The van der Waals surface area contributed by atoms with E-state index in [1.807, 2.05) is 30.3 Å². The fraction of sp³-hybridized carbons (Fsp3) is 0.429. The number of ether oxygens (including phenoxy) is 1. The fourth-order valence-corrected chi connectivity index (χ4v) is 1.67. The Morgan fingerprint density at radius 1 is 1.22 bits per heavy atom. The van der Waals surface area contributed by atoms with Crippen LogP contribution in [0.15, 0.2) is 30.3 Å². The SMILES string of the molecule is CC(=O)NCC(CCc1ccccc1)OC(C)=O. The highest BCUT2D eigenvalue weighted by Crippen LogP contribution is 2.07. The summed E-state index contributed by atoms with van der Waals surface area (Å²) in [6.45, 7) is 3.19. The number of hydrogen-bond donors (Lipinski definition) is 1. The molecule has 0 aliphatic rings. The summed E-state index contributed by atoms with van der Waals surface area (Å²) in [7, 11) is 0. The van der Waals surface area contributed by atoms with Crippen molar-refractivity contribution >= 4 is 11.9 Å². The molecule has 0 saturated carbocycles. The van der Waals surface area contributed by atoms with E-state index in [1.165, 1.54) is 19.4 Å². The zero-order valence-corrected chi connectivity index (χ0v) is 10.8. The summed E-state index contributed by atoms with van der Waals surface area (Å²) in [5.41, 5.74) is 1.19. The lowest BCUT2D eigenvalue weighted by molar-refractivity contribution is -0.147. The standard InChI is InChI=1S/C14H19NO3/c1-11(16)15-10-14(18-12(2)17)9-8-13-6-4-3-5-7-13/h3-7,14H,8-10H2,1-2H3,(H,15,16). The molecule has 1 unspecified atom stereocenters. The third-order valence-corrected chi connectivity index (χ3v) is 2.51. The molecule has 4 nitrogen and oxygen atoms in total. The molecule has 0 aliphatic carbocycles. The Balaban J connectivity index is 2.45. The zero-order valence-electron chi connectivity index (χ0n) is 10.8. The van der Waals surface area contributed by atoms with Gasteiger partial charge in [0.05, 0.1) is 6.54 Å². The first-order valence-corrected chi connectivity index (χ1v) is 6.03. The molecule has 1 amide bonds. The van der Waals surface area contributed by atoms with Crippen molar-refractivity contribution in [1.29, 1.82) is 0 Å². The molecule has 1 aromatic rings. The molecule has 0 saturated heterocycles. The lowest BCUT2D eigenvalue weighted by Crippen LogP contribution is -2.33. The highest BCUT2D eigenvalue weighted by Gasteiger charge is 2.12. The third kappa shape index (κ3) is 6.03. The lowest BCUT2D eigenvalue weighted by Gasteiger charge is -2.17. The first-order chi connectivity index (χ1) is 8.58. The monoisotopic (exact) mass is 249 g/mol. The Hall–Kier alpha value is -1.84. The van der Waals surface area contributed by atoms with E-state index in [0.29, 0.717) is 13.0 Å². The molecule has 0 radical (unpaired) electrons. The Labute approximate surface area is 107 Å². The molecule has 1 aromatic carbocycles. The Morgan fingerprint density at radius 2 is 1.89 bits per heavy atom. The van der Waals surface area contributed by atoms with Gasteiger partial charge in [-0.05, 0) is 18.4 Å². The first kappa shape index (κ1) is 14.2. The molecule has 1 atom stereocenters. The minimum atomic E-state index is -0.321. The van der Waals surface area contributed by atoms with Crippen LogP contribution in [-0.4, -0.2) is 24.5 Å². The van der Waals surface area contributed by atoms with E-state index < -0.39 is 0 Å². The van der Waals surface area contributed by atoms with E-state index in [2.05, 4.69) is 5.32 Å². The third-order valence-electron chi connectivity index (χ3n) is 2.51. The summed E-state index contributed by atoms with van der Waals surface area (Å²) >= 11 is 0. The number of benzene rings is 1. The van der Waals surface area contributed by atoms with Crippen molar-refractivity contribution in [2.24, 2.45) is 0 Å². The Morgan fingerprint density at radius 3 is 2.44 bits per heavy atom. The number of hydrogen-bond acceptors (Lipinski definition) is 3. The van der Waals surface area contributed by atoms with Crippen LogP contribution in [0.4, 0.5) is 0 Å². The molecule has 0 fully saturated rings. The molecule has 4 heteroatoms. The molecular formula is C14H19NO3. The van der Waals surface area contributed by atoms with E-state index >= 15 is 0 Å². The Kier molecular flexibility index (Phi) is 5.91. The molecule has 1 N–H and O–H groups in total. The molecule has 0 aliphatic heterocycles. The number of rotatable bonds is 6. The summed E-state index contributed by atoms with van der Waals surface area (Å²) < 4.78 is 5.17. The minimum absolute atomic E-state index is 0.119. The quantitative estimate of drug-likeness (QED) is 0.780. The molecule has 0 bridgehead atoms. The van der Waals surface area contributed by atoms with Crippen molar-refractivity contribution in [3.05, 3.63) is 35.9 Å². The van der Waals surface area contributed by atoms with Crippen molar-refractivity contribution < 1.29 is 14.3 Å². The van der Waals surface area contributed by atoms with Gasteiger partial charge in [-0.1, -0.05) is 30.3 Å². The van der Waals surface area contributed by atoms with Crippen LogP contribution in [0.1, 0.15) is 25.8 Å². The van der Waals surface area contributed by atoms with Crippen LogP contribution in [0.5, 0.6) is 0 Å². The van der Waals surface area contributed by atoms with Crippen LogP contribution >= 0.6 is 0 Å². The number of nitrogens with one attached hydrogen (secondary N) is 1. The summed E-state index contributed by atoms with van der Waals surface area (Å²) in [5, 5.41) is 2.67. The smallest absolute Gasteiger partial charge is 0.302 e. The summed E-state index contributed by atoms with van der Waals surface area (Å²) in [5.74, 6) is -0.440. The number of carbonyl (C=O) groups is 2. The van der Waals surface area contributed by atoms with Gasteiger partial charge in [-0.15, -0.1) is 0 Å². The van der Waals surface area contributed by atoms with Crippen LogP contribution in [0.3, 0.4) is 0 Å². The summed E-state index contributed by atoms with van der Waals surface area (Å²) in [4.78, 5) is 21.8. The van der Waals surface area contributed by atoms with Gasteiger partial charge in [0.2, 0.25) is 5.91 Å². The molecular weight excluding hydrogens is 230 g/mol. The molecule has 98 valence electrons. The van der Waals surface area contributed by atoms with Gasteiger partial charge in [0.1, 0.15) is 6.10 Å². The van der Waals surface area contributed by atoms with Crippen molar-refractivity contribution in [1.82, 2.24) is 5.32 Å². The predicted molar refractivity (Wildman–Crippen MR) is 69.0 cm³/mol. The van der Waals surface area contributed by atoms with Gasteiger partial charge < -0.3 is 10.1 Å². The maximum Gasteiger partial charge on any atom is 0.302 e. The second-order valence-corrected chi connectivity index (χ2v) is 4.19. The minimum Gasteiger partial charge on any atom is -0.461 e. The van der Waals surface area contributed by atoms with Crippen molar-refractivity contribution in [2.45, 2.75) is 32.8 Å². The highest BCUT2D eigenvalue weighted by atomic mass is 16.5. The topological polar surface area (TPSA) is 55.4 Å². The molecule has 0 heterocycles. The largest absolute Gasteiger partial charge is 0.461 e. The van der Waals surface area contributed by atoms with Crippen molar-refractivity contribution in [3.8, 4) is 0 Å². The van der Waals surface area contributed by atoms with E-state index in [0.717, 1.165) is 6.42 Å². The number of esters is 1. The van der Waals surface area contributed by atoms with Crippen LogP contribution in [-0.2, 0) is 20.7 Å². The number of amides is 1. The van der Waals surface area contributed by atoms with Crippen LogP contribution in [0.25, 0.3) is 0 Å². The van der Waals surface area contributed by atoms with Crippen molar-refractivity contribution in [2.75, 3.05) is 6.54 Å². The maximum absolute atomic E-state index is 11.0. The first-order valence-electron chi connectivity index (χ1n) is 6.03. The van der Waals surface area contributed by atoms with Crippen LogP contribution in [0, 0.1) is 0 Å². The maximum atomic E-state index is 11.0. The lowest BCUT2D eigenvalue weighted by atomic mass is 10.1. The summed E-state index contributed by atoms with van der Waals surface area (Å²) in [6.07, 6.45) is 1.24. The van der Waals surface area contributed by atoms with Gasteiger partial charge in [0.15, 0.2) is 0 Å². The van der Waals surface area contributed by atoms with Gasteiger partial charge in [-0.3, -0.25) is 9.59 Å². The van der Waals surface area contributed by atoms with Crippen molar-refractivity contribution in [3.63, 3.8) is 0 Å². The van der Waals surface area contributed by atoms with Gasteiger partial charge in [0.25, 0.3) is 0 Å². The highest BCUT2D eigenvalue weighted by molar-refractivity contribution is 5.72. The van der Waals surface area contributed by atoms with E-state index in [1.54, 1.807) is 0 Å². The fourth-order valence-electron chi connectivity index (χ4n) is 1.67. The zero-order chi connectivity index (χ0) is 13.4. The van der Waals surface area contributed by atoms with Gasteiger partial charge >= 0.3 is 5.97 Å². The molecule has 1 rings (SSSR count). The van der Waals surface area contributed by atoms with Gasteiger partial charge in [0, 0.05) is 13.8 Å². The van der Waals surface area contributed by atoms with Crippen LogP contribution < -0.4 is 5.32 Å².